The molecule has 0 spiro atoms. The van der Waals surface area contributed by atoms with E-state index >= 15 is 0 Å². The number of rotatable bonds is 2. The fourth-order valence-electron chi connectivity index (χ4n) is 1.63. The summed E-state index contributed by atoms with van der Waals surface area (Å²) in [7, 11) is 0. The summed E-state index contributed by atoms with van der Waals surface area (Å²) in [5.41, 5.74) is 2.33. The van der Waals surface area contributed by atoms with E-state index in [9.17, 15) is 0 Å². The average Bonchev–Trinajstić information content (AvgIpc) is 2.67. The molecule has 1 aromatic rings. The number of aliphatic hydroxyl groups excluding tert-OH is 1. The van der Waals surface area contributed by atoms with Crippen molar-refractivity contribution in [3.05, 3.63) is 35.9 Å². The van der Waals surface area contributed by atoms with Gasteiger partial charge >= 0.3 is 0 Å². The van der Waals surface area contributed by atoms with Gasteiger partial charge in [0.25, 0.3) is 0 Å². The number of benzene rings is 1. The van der Waals surface area contributed by atoms with E-state index in [2.05, 4.69) is 17.1 Å². The van der Waals surface area contributed by atoms with Gasteiger partial charge in [0.15, 0.2) is 0 Å². The second kappa shape index (κ2) is 3.71. The lowest BCUT2D eigenvalue weighted by atomic mass is 10.1. The maximum Gasteiger partial charge on any atom is 0.0737 e. The van der Waals surface area contributed by atoms with Crippen molar-refractivity contribution in [3.8, 4) is 0 Å². The topological polar surface area (TPSA) is 32.6 Å². The van der Waals surface area contributed by atoms with Crippen LogP contribution in [0.15, 0.2) is 35.3 Å². The Bertz CT molecular complexity index is 305. The van der Waals surface area contributed by atoms with Crippen LogP contribution >= 0.6 is 0 Å². The average molecular weight is 175 g/mol. The minimum Gasteiger partial charge on any atom is -0.394 e. The molecule has 0 fully saturated rings. The van der Waals surface area contributed by atoms with Gasteiger partial charge in [0.05, 0.1) is 12.6 Å². The number of nitrogens with zero attached hydrogens (tertiary/aromatic N) is 1. The maximum atomic E-state index is 8.92. The third-order valence-corrected chi connectivity index (χ3v) is 2.37. The van der Waals surface area contributed by atoms with Crippen molar-refractivity contribution in [1.82, 2.24) is 0 Å². The van der Waals surface area contributed by atoms with Crippen molar-refractivity contribution in [1.29, 1.82) is 0 Å². The zero-order valence-electron chi connectivity index (χ0n) is 7.48. The van der Waals surface area contributed by atoms with Crippen LogP contribution in [0.2, 0.25) is 0 Å². The van der Waals surface area contributed by atoms with E-state index in [1.165, 1.54) is 5.56 Å². The number of aliphatic imine (C=N–C) groups is 1. The van der Waals surface area contributed by atoms with Crippen LogP contribution in [0.1, 0.15) is 18.4 Å². The highest BCUT2D eigenvalue weighted by Gasteiger charge is 2.16. The molecule has 0 aromatic heterocycles. The predicted octanol–water partition coefficient (Wildman–Crippen LogP) is 1.63. The van der Waals surface area contributed by atoms with Crippen molar-refractivity contribution < 1.29 is 5.11 Å². The molecule has 1 aliphatic heterocycles. The highest BCUT2D eigenvalue weighted by atomic mass is 16.3. The lowest BCUT2D eigenvalue weighted by Gasteiger charge is -1.98. The fourth-order valence-corrected chi connectivity index (χ4v) is 1.63. The molecule has 2 heteroatoms. The lowest BCUT2D eigenvalue weighted by Crippen LogP contribution is -2.04. The normalized spacial score (nSPS) is 21.6. The molecule has 1 heterocycles. The highest BCUT2D eigenvalue weighted by molar-refractivity contribution is 6.01. The van der Waals surface area contributed by atoms with Gasteiger partial charge in [-0.05, 0) is 18.4 Å². The van der Waals surface area contributed by atoms with E-state index in [-0.39, 0.29) is 12.6 Å². The van der Waals surface area contributed by atoms with Crippen LogP contribution in [0.5, 0.6) is 0 Å². The molecule has 2 rings (SSSR count). The van der Waals surface area contributed by atoms with E-state index in [1.54, 1.807) is 0 Å². The highest BCUT2D eigenvalue weighted by Crippen LogP contribution is 2.17. The van der Waals surface area contributed by atoms with Gasteiger partial charge in [0.1, 0.15) is 0 Å². The smallest absolute Gasteiger partial charge is 0.0737 e. The molecule has 0 aliphatic carbocycles. The molecule has 13 heavy (non-hydrogen) atoms. The van der Waals surface area contributed by atoms with Crippen molar-refractivity contribution in [2.45, 2.75) is 18.9 Å². The lowest BCUT2D eigenvalue weighted by molar-refractivity contribution is 0.267. The van der Waals surface area contributed by atoms with Gasteiger partial charge in [0.2, 0.25) is 0 Å². The summed E-state index contributed by atoms with van der Waals surface area (Å²) >= 11 is 0. The van der Waals surface area contributed by atoms with Crippen molar-refractivity contribution in [3.63, 3.8) is 0 Å². The predicted molar refractivity (Wildman–Crippen MR) is 53.1 cm³/mol. The Morgan fingerprint density at radius 3 is 2.69 bits per heavy atom. The second-order valence-corrected chi connectivity index (χ2v) is 3.32. The van der Waals surface area contributed by atoms with E-state index in [0.29, 0.717) is 0 Å². The Hall–Kier alpha value is -1.15. The first-order chi connectivity index (χ1) is 6.40. The largest absolute Gasteiger partial charge is 0.394 e. The number of hydrogen-bond acceptors (Lipinski definition) is 2. The number of hydrogen-bond donors (Lipinski definition) is 1. The Balaban J connectivity index is 2.19. The Kier molecular flexibility index (Phi) is 2.41. The molecule has 0 radical (unpaired) electrons. The first kappa shape index (κ1) is 8.45. The molecule has 0 saturated heterocycles. The zero-order chi connectivity index (χ0) is 9.10. The van der Waals surface area contributed by atoms with E-state index < -0.39 is 0 Å². The van der Waals surface area contributed by atoms with Gasteiger partial charge in [-0.3, -0.25) is 4.99 Å². The van der Waals surface area contributed by atoms with Gasteiger partial charge in [0, 0.05) is 5.71 Å². The zero-order valence-corrected chi connectivity index (χ0v) is 7.48. The monoisotopic (exact) mass is 175 g/mol. The molecule has 0 saturated carbocycles. The van der Waals surface area contributed by atoms with Crippen LogP contribution in [0.4, 0.5) is 0 Å². The van der Waals surface area contributed by atoms with Gasteiger partial charge in [-0.15, -0.1) is 0 Å². The molecule has 0 bridgehead atoms. The van der Waals surface area contributed by atoms with E-state index in [1.807, 2.05) is 18.2 Å². The summed E-state index contributed by atoms with van der Waals surface area (Å²) in [6.45, 7) is 0.177. The van der Waals surface area contributed by atoms with Crippen LogP contribution < -0.4 is 0 Å². The van der Waals surface area contributed by atoms with Crippen LogP contribution in [0.25, 0.3) is 0 Å². The third kappa shape index (κ3) is 1.78. The van der Waals surface area contributed by atoms with E-state index in [0.717, 1.165) is 18.6 Å². The van der Waals surface area contributed by atoms with Crippen molar-refractivity contribution in [2.75, 3.05) is 6.61 Å². The van der Waals surface area contributed by atoms with Crippen LogP contribution in [0.3, 0.4) is 0 Å². The Labute approximate surface area is 77.9 Å². The molecular weight excluding hydrogens is 162 g/mol. The molecule has 1 atom stereocenters. The van der Waals surface area contributed by atoms with Crippen LogP contribution in [-0.2, 0) is 0 Å². The molecular formula is C11H13NO. The molecule has 1 N–H and O–H groups in total. The summed E-state index contributed by atoms with van der Waals surface area (Å²) in [5.74, 6) is 0. The minimum absolute atomic E-state index is 0.134. The van der Waals surface area contributed by atoms with Gasteiger partial charge in [-0.2, -0.15) is 0 Å². The SMILES string of the molecule is OC[C@@H]1CCC(c2ccccc2)=N1. The fraction of sp³-hybridized carbons (Fsp3) is 0.364. The minimum atomic E-state index is 0.134. The summed E-state index contributed by atoms with van der Waals surface area (Å²) in [6.07, 6.45) is 1.98. The summed E-state index contributed by atoms with van der Waals surface area (Å²) in [5, 5.41) is 8.92. The molecule has 1 aliphatic rings. The van der Waals surface area contributed by atoms with Crippen molar-refractivity contribution >= 4 is 5.71 Å². The van der Waals surface area contributed by atoms with Crippen LogP contribution in [0, 0.1) is 0 Å². The second-order valence-electron chi connectivity index (χ2n) is 3.32. The van der Waals surface area contributed by atoms with Gasteiger partial charge in [-0.1, -0.05) is 30.3 Å². The van der Waals surface area contributed by atoms with Crippen molar-refractivity contribution in [2.24, 2.45) is 4.99 Å². The Morgan fingerprint density at radius 2 is 2.08 bits per heavy atom. The molecule has 2 nitrogen and oxygen atoms in total. The molecule has 68 valence electrons. The van der Waals surface area contributed by atoms with E-state index in [4.69, 9.17) is 5.11 Å². The first-order valence-corrected chi connectivity index (χ1v) is 4.63. The quantitative estimate of drug-likeness (QED) is 0.728. The molecule has 1 aromatic carbocycles. The maximum absolute atomic E-state index is 8.92. The van der Waals surface area contributed by atoms with Crippen LogP contribution in [-0.4, -0.2) is 23.5 Å². The standard InChI is InChI=1S/C11H13NO/c13-8-10-6-7-11(12-10)9-4-2-1-3-5-9/h1-5,10,13H,6-8H2/t10-/m0/s1. The summed E-state index contributed by atoms with van der Waals surface area (Å²) in [4.78, 5) is 4.44. The van der Waals surface area contributed by atoms with Gasteiger partial charge in [-0.25, -0.2) is 0 Å². The summed E-state index contributed by atoms with van der Waals surface area (Å²) in [6, 6.07) is 10.3. The Morgan fingerprint density at radius 1 is 1.31 bits per heavy atom. The molecule has 0 unspecified atom stereocenters. The van der Waals surface area contributed by atoms with Gasteiger partial charge < -0.3 is 5.11 Å². The first-order valence-electron chi connectivity index (χ1n) is 4.63. The summed E-state index contributed by atoms with van der Waals surface area (Å²) < 4.78 is 0. The third-order valence-electron chi connectivity index (χ3n) is 2.37. The molecule has 0 amide bonds. The number of aliphatic hydroxyl groups is 1.